The molecule has 0 aliphatic heterocycles. The lowest BCUT2D eigenvalue weighted by molar-refractivity contribution is 0.199. The van der Waals surface area contributed by atoms with Gasteiger partial charge in [0, 0.05) is 17.8 Å². The largest absolute Gasteiger partial charge is 0.389 e. The first kappa shape index (κ1) is 20.8. The molecular weight excluding hydrogens is 416 g/mol. The normalized spacial score (nSPS) is 15.1. The fourth-order valence-corrected chi connectivity index (χ4v) is 3.69. The number of anilines is 3. The Morgan fingerprint density at radius 2 is 2.03 bits per heavy atom. The van der Waals surface area contributed by atoms with Crippen molar-refractivity contribution in [3.8, 4) is 11.9 Å². The lowest BCUT2D eigenvalue weighted by atomic mass is 10.1. The molecule has 3 aromatic heterocycles. The van der Waals surface area contributed by atoms with Crippen LogP contribution in [0.15, 0.2) is 48.8 Å². The third-order valence-electron chi connectivity index (χ3n) is 5.91. The van der Waals surface area contributed by atoms with Crippen LogP contribution in [0.1, 0.15) is 37.1 Å². The number of rotatable bonds is 7. The maximum absolute atomic E-state index is 10.2. The van der Waals surface area contributed by atoms with Crippen molar-refractivity contribution in [3.63, 3.8) is 0 Å². The van der Waals surface area contributed by atoms with Crippen LogP contribution in [0.5, 0.6) is 0 Å². The molecule has 0 radical (unpaired) electrons. The predicted octanol–water partition coefficient (Wildman–Crippen LogP) is 4.03. The van der Waals surface area contributed by atoms with Gasteiger partial charge < -0.3 is 15.7 Å². The molecule has 0 spiro atoms. The van der Waals surface area contributed by atoms with E-state index in [9.17, 15) is 10.4 Å². The van der Waals surface area contributed by atoms with Gasteiger partial charge >= 0.3 is 0 Å². The number of aryl methyl sites for hydroxylation is 1. The SMILES string of the molecule is Cc1ccc(Nc2ccc3ncn(-c4ccc(C(C)O)c(NCC5(C#N)CC5)n4)c3c2)nn1. The van der Waals surface area contributed by atoms with Gasteiger partial charge in [-0.25, -0.2) is 9.97 Å². The molecule has 4 aromatic rings. The van der Waals surface area contributed by atoms with E-state index >= 15 is 0 Å². The molecule has 1 unspecified atom stereocenters. The first-order chi connectivity index (χ1) is 16.0. The average molecular weight is 441 g/mol. The van der Waals surface area contributed by atoms with Crippen molar-refractivity contribution in [2.24, 2.45) is 5.41 Å². The van der Waals surface area contributed by atoms with Crippen molar-refractivity contribution < 1.29 is 5.11 Å². The highest BCUT2D eigenvalue weighted by Crippen LogP contribution is 2.45. The summed E-state index contributed by atoms with van der Waals surface area (Å²) in [6, 6.07) is 15.7. The highest BCUT2D eigenvalue weighted by atomic mass is 16.3. The maximum atomic E-state index is 10.2. The van der Waals surface area contributed by atoms with Gasteiger partial charge in [-0.2, -0.15) is 10.4 Å². The smallest absolute Gasteiger partial charge is 0.153 e. The highest BCUT2D eigenvalue weighted by Gasteiger charge is 2.43. The monoisotopic (exact) mass is 440 g/mol. The minimum Gasteiger partial charge on any atom is -0.389 e. The summed E-state index contributed by atoms with van der Waals surface area (Å²) in [6.07, 6.45) is 2.81. The molecule has 9 nitrogen and oxygen atoms in total. The summed E-state index contributed by atoms with van der Waals surface area (Å²) in [5.41, 5.74) is 3.78. The van der Waals surface area contributed by atoms with Gasteiger partial charge in [-0.05, 0) is 69.2 Å². The number of hydrogen-bond donors (Lipinski definition) is 3. The minimum absolute atomic E-state index is 0.325. The van der Waals surface area contributed by atoms with Crippen molar-refractivity contribution in [2.45, 2.75) is 32.8 Å². The molecule has 0 saturated heterocycles. The third kappa shape index (κ3) is 4.21. The Morgan fingerprint density at radius 1 is 1.18 bits per heavy atom. The van der Waals surface area contributed by atoms with Gasteiger partial charge in [0.2, 0.25) is 0 Å². The Hall–Kier alpha value is -4.03. The van der Waals surface area contributed by atoms with Gasteiger partial charge in [0.25, 0.3) is 0 Å². The van der Waals surface area contributed by atoms with E-state index in [-0.39, 0.29) is 5.41 Å². The summed E-state index contributed by atoms with van der Waals surface area (Å²) in [7, 11) is 0. The van der Waals surface area contributed by atoms with Crippen LogP contribution in [0.25, 0.3) is 16.9 Å². The minimum atomic E-state index is -0.683. The van der Waals surface area contributed by atoms with Crippen LogP contribution in [-0.2, 0) is 0 Å². The number of hydrogen-bond acceptors (Lipinski definition) is 8. The lowest BCUT2D eigenvalue weighted by Crippen LogP contribution is -2.16. The number of nitrogens with zero attached hydrogens (tertiary/aromatic N) is 6. The van der Waals surface area contributed by atoms with Crippen LogP contribution in [0.4, 0.5) is 17.3 Å². The van der Waals surface area contributed by atoms with Crippen molar-refractivity contribution in [1.82, 2.24) is 24.7 Å². The van der Waals surface area contributed by atoms with E-state index in [1.54, 1.807) is 13.3 Å². The number of benzene rings is 1. The first-order valence-corrected chi connectivity index (χ1v) is 10.9. The number of imidazole rings is 1. The predicted molar refractivity (Wildman–Crippen MR) is 125 cm³/mol. The first-order valence-electron chi connectivity index (χ1n) is 10.9. The van der Waals surface area contributed by atoms with Crippen molar-refractivity contribution in [3.05, 3.63) is 60.0 Å². The van der Waals surface area contributed by atoms with E-state index in [0.29, 0.717) is 29.6 Å². The molecule has 9 heteroatoms. The summed E-state index contributed by atoms with van der Waals surface area (Å²) in [4.78, 5) is 9.28. The second-order valence-electron chi connectivity index (χ2n) is 8.53. The summed E-state index contributed by atoms with van der Waals surface area (Å²) in [6.45, 7) is 4.11. The molecular formula is C24H24N8O. The summed E-state index contributed by atoms with van der Waals surface area (Å²) in [5.74, 6) is 1.90. The fraction of sp³-hybridized carbons (Fsp3) is 0.292. The Balaban J connectivity index is 1.48. The van der Waals surface area contributed by atoms with Gasteiger partial charge in [0.15, 0.2) is 5.82 Å². The number of aliphatic hydroxyl groups excluding tert-OH is 1. The average Bonchev–Trinajstić information content (AvgIpc) is 3.49. The molecule has 33 heavy (non-hydrogen) atoms. The van der Waals surface area contributed by atoms with Gasteiger partial charge in [0.1, 0.15) is 18.0 Å². The fourth-order valence-electron chi connectivity index (χ4n) is 3.69. The van der Waals surface area contributed by atoms with E-state index in [0.717, 1.165) is 35.3 Å². The Morgan fingerprint density at radius 3 is 2.73 bits per heavy atom. The van der Waals surface area contributed by atoms with Crippen molar-refractivity contribution >= 4 is 28.4 Å². The molecule has 0 bridgehead atoms. The standard InChI is InChI=1S/C24H24N8O/c1-15-3-7-21(31-30-15)28-17-4-6-19-20(11-17)32(14-27-19)22-8-5-18(16(2)33)23(29-22)26-13-24(12-25)9-10-24/h3-8,11,14,16,33H,9-10,13H2,1-2H3,(H,26,29)(H,28,31). The summed E-state index contributed by atoms with van der Waals surface area (Å²) < 4.78 is 1.90. The van der Waals surface area contributed by atoms with E-state index in [1.807, 2.05) is 54.0 Å². The summed E-state index contributed by atoms with van der Waals surface area (Å²) >= 11 is 0. The molecule has 1 atom stereocenters. The van der Waals surface area contributed by atoms with Crippen LogP contribution in [0, 0.1) is 23.7 Å². The van der Waals surface area contributed by atoms with Gasteiger partial charge in [-0.3, -0.25) is 4.57 Å². The topological polar surface area (TPSA) is 125 Å². The molecule has 5 rings (SSSR count). The molecule has 1 saturated carbocycles. The Bertz CT molecular complexity index is 1350. The number of nitriles is 1. The second-order valence-corrected chi connectivity index (χ2v) is 8.53. The van der Waals surface area contributed by atoms with Gasteiger partial charge in [-0.15, -0.1) is 5.10 Å². The molecule has 0 amide bonds. The zero-order chi connectivity index (χ0) is 23.0. The highest BCUT2D eigenvalue weighted by molar-refractivity contribution is 5.82. The van der Waals surface area contributed by atoms with Gasteiger partial charge in [-0.1, -0.05) is 0 Å². The molecule has 1 aromatic carbocycles. The molecule has 1 aliphatic rings. The molecule has 166 valence electrons. The molecule has 1 fully saturated rings. The van der Waals surface area contributed by atoms with E-state index in [4.69, 9.17) is 4.98 Å². The maximum Gasteiger partial charge on any atom is 0.153 e. The number of fused-ring (bicyclic) bond motifs is 1. The second kappa shape index (κ2) is 8.15. The van der Waals surface area contributed by atoms with E-state index in [1.165, 1.54) is 0 Å². The zero-order valence-electron chi connectivity index (χ0n) is 18.4. The number of nitrogens with one attached hydrogen (secondary N) is 2. The third-order valence-corrected chi connectivity index (χ3v) is 5.91. The molecule has 1 aliphatic carbocycles. The molecule has 3 N–H and O–H groups in total. The summed E-state index contributed by atoms with van der Waals surface area (Å²) in [5, 5.41) is 34.4. The van der Waals surface area contributed by atoms with Crippen LogP contribution < -0.4 is 10.6 Å². The quantitative estimate of drug-likeness (QED) is 0.393. The molecule has 3 heterocycles. The van der Waals surface area contributed by atoms with Crippen molar-refractivity contribution in [1.29, 1.82) is 5.26 Å². The van der Waals surface area contributed by atoms with E-state index < -0.39 is 6.10 Å². The van der Waals surface area contributed by atoms with E-state index in [2.05, 4.69) is 31.9 Å². The lowest BCUT2D eigenvalue weighted by Gasteiger charge is -2.16. The van der Waals surface area contributed by atoms with Crippen LogP contribution in [0.3, 0.4) is 0 Å². The number of pyridine rings is 1. The van der Waals surface area contributed by atoms with Crippen molar-refractivity contribution in [2.75, 3.05) is 17.2 Å². The van der Waals surface area contributed by atoms with Crippen LogP contribution >= 0.6 is 0 Å². The van der Waals surface area contributed by atoms with Gasteiger partial charge in [0.05, 0.1) is 34.3 Å². The van der Waals surface area contributed by atoms with Crippen LogP contribution in [-0.4, -0.2) is 36.4 Å². The Kier molecular flexibility index (Phi) is 5.15. The Labute approximate surface area is 191 Å². The number of aliphatic hydroxyl groups is 1. The van der Waals surface area contributed by atoms with Crippen LogP contribution in [0.2, 0.25) is 0 Å². The zero-order valence-corrected chi connectivity index (χ0v) is 18.4. The number of aromatic nitrogens is 5.